The van der Waals surface area contributed by atoms with E-state index in [1.165, 1.54) is 35.8 Å². The van der Waals surface area contributed by atoms with Crippen molar-refractivity contribution in [2.45, 2.75) is 51.6 Å². The van der Waals surface area contributed by atoms with Crippen molar-refractivity contribution in [3.63, 3.8) is 0 Å². The molecule has 2 aliphatic rings. The predicted octanol–water partition coefficient (Wildman–Crippen LogP) is 6.40. The molecule has 2 aromatic rings. The minimum Gasteiger partial charge on any atom is -0.384 e. The van der Waals surface area contributed by atoms with Crippen LogP contribution in [0.5, 0.6) is 0 Å². The molecule has 1 atom stereocenters. The molecule has 4 rings (SSSR count). The lowest BCUT2D eigenvalue weighted by Gasteiger charge is -2.34. The maximum Gasteiger partial charge on any atom is 0.417 e. The van der Waals surface area contributed by atoms with Gasteiger partial charge < -0.3 is 14.6 Å². The lowest BCUT2D eigenvalue weighted by atomic mass is 9.86. The fourth-order valence-electron chi connectivity index (χ4n) is 4.85. The summed E-state index contributed by atoms with van der Waals surface area (Å²) in [6.07, 6.45) is -8.96. The van der Waals surface area contributed by atoms with Crippen LogP contribution in [0.2, 0.25) is 0 Å². The van der Waals surface area contributed by atoms with Gasteiger partial charge in [0.05, 0.1) is 23.4 Å². The third kappa shape index (κ3) is 5.89. The number of hydrogen-bond donors (Lipinski definition) is 0. The van der Waals surface area contributed by atoms with Crippen LogP contribution >= 0.6 is 0 Å². The van der Waals surface area contributed by atoms with E-state index in [2.05, 4.69) is 5.16 Å². The number of benzene rings is 2. The second kappa shape index (κ2) is 10.2. The Morgan fingerprint density at radius 1 is 1.03 bits per heavy atom. The second-order valence-electron chi connectivity index (χ2n) is 9.94. The Labute approximate surface area is 221 Å². The molecular formula is C27H27F6N3O3. The molecule has 2 aliphatic heterocycles. The average molecular weight is 556 g/mol. The normalized spacial score (nSPS) is 20.2. The summed E-state index contributed by atoms with van der Waals surface area (Å²) in [5.74, 6) is -0.853. The van der Waals surface area contributed by atoms with E-state index in [4.69, 9.17) is 4.84 Å². The molecule has 39 heavy (non-hydrogen) atoms. The van der Waals surface area contributed by atoms with Crippen molar-refractivity contribution < 1.29 is 40.8 Å². The molecule has 2 aromatic carbocycles. The largest absolute Gasteiger partial charge is 0.417 e. The van der Waals surface area contributed by atoms with E-state index >= 15 is 0 Å². The van der Waals surface area contributed by atoms with Crippen molar-refractivity contribution in [3.8, 4) is 0 Å². The van der Waals surface area contributed by atoms with Crippen molar-refractivity contribution in [1.82, 2.24) is 9.80 Å². The molecule has 2 heterocycles. The van der Waals surface area contributed by atoms with Crippen LogP contribution in [-0.4, -0.2) is 53.5 Å². The molecule has 210 valence electrons. The molecule has 0 aliphatic carbocycles. The molecule has 1 fully saturated rings. The van der Waals surface area contributed by atoms with Gasteiger partial charge in [-0.05, 0) is 51.0 Å². The van der Waals surface area contributed by atoms with E-state index < -0.39 is 53.0 Å². The number of rotatable bonds is 6. The summed E-state index contributed by atoms with van der Waals surface area (Å²) in [6.45, 7) is 5.51. The highest BCUT2D eigenvalue weighted by Gasteiger charge is 2.41. The number of ketones is 1. The van der Waals surface area contributed by atoms with Gasteiger partial charge in [-0.15, -0.1) is 0 Å². The summed E-state index contributed by atoms with van der Waals surface area (Å²) < 4.78 is 82.2. The first-order valence-corrected chi connectivity index (χ1v) is 12.4. The number of hydrogen-bond acceptors (Lipinski definition) is 4. The Kier molecular flexibility index (Phi) is 7.44. The van der Waals surface area contributed by atoms with Crippen molar-refractivity contribution in [3.05, 3.63) is 69.8 Å². The number of nitrogens with zero attached hydrogens (tertiary/aromatic N) is 3. The highest BCUT2D eigenvalue weighted by molar-refractivity contribution is 6.05. The summed E-state index contributed by atoms with van der Waals surface area (Å²) in [7, 11) is 0. The highest BCUT2D eigenvalue weighted by atomic mass is 19.4. The second-order valence-corrected chi connectivity index (χ2v) is 9.94. The van der Waals surface area contributed by atoms with E-state index in [0.717, 1.165) is 24.3 Å². The van der Waals surface area contributed by atoms with Crippen LogP contribution in [0.3, 0.4) is 0 Å². The molecule has 6 nitrogen and oxygen atoms in total. The first kappa shape index (κ1) is 28.4. The standard InChI is InChI=1S/C27H27F6N3O3/c1-4-35-8-5-9-36(24(35)38)15-23(37)20-7-6-17(12-21(20)27(31,32)33)22-14-25(3,39-34-22)18-10-16(2)11-19(13-18)26(28,29)30/h6-7,10-13H,4-5,8-9,14-15H2,1-3H3. The van der Waals surface area contributed by atoms with E-state index in [-0.39, 0.29) is 29.8 Å². The Balaban J connectivity index is 1.60. The van der Waals surface area contributed by atoms with Crippen LogP contribution in [0.25, 0.3) is 0 Å². The van der Waals surface area contributed by atoms with Gasteiger partial charge in [-0.1, -0.05) is 28.9 Å². The SMILES string of the molecule is CCN1CCCN(CC(=O)c2ccc(C3=NOC(C)(c4cc(C)cc(C(F)(F)F)c4)C3)cc2C(F)(F)F)C1=O. The summed E-state index contributed by atoms with van der Waals surface area (Å²) in [5, 5.41) is 3.90. The maximum atomic E-state index is 14.0. The zero-order valence-electron chi connectivity index (χ0n) is 21.5. The quantitative estimate of drug-likeness (QED) is 0.306. The number of aryl methyl sites for hydroxylation is 1. The third-order valence-electron chi connectivity index (χ3n) is 6.95. The van der Waals surface area contributed by atoms with Crippen molar-refractivity contribution in [1.29, 1.82) is 0 Å². The van der Waals surface area contributed by atoms with Gasteiger partial charge in [-0.3, -0.25) is 4.79 Å². The molecule has 0 saturated carbocycles. The van der Waals surface area contributed by atoms with Gasteiger partial charge in [-0.2, -0.15) is 26.3 Å². The molecule has 0 bridgehead atoms. The van der Waals surface area contributed by atoms with Crippen LogP contribution in [0.4, 0.5) is 31.1 Å². The maximum absolute atomic E-state index is 14.0. The summed E-state index contributed by atoms with van der Waals surface area (Å²) in [6, 6.07) is 6.17. The van der Waals surface area contributed by atoms with Crippen LogP contribution in [0, 0.1) is 6.92 Å². The molecule has 0 spiro atoms. The Bertz CT molecular complexity index is 1320. The first-order valence-electron chi connectivity index (χ1n) is 12.4. The van der Waals surface area contributed by atoms with E-state index in [1.807, 2.05) is 0 Å². The third-order valence-corrected chi connectivity index (χ3v) is 6.95. The molecule has 2 amide bonds. The van der Waals surface area contributed by atoms with Gasteiger partial charge in [0.2, 0.25) is 0 Å². The van der Waals surface area contributed by atoms with Crippen molar-refractivity contribution in [2.75, 3.05) is 26.2 Å². The molecule has 1 unspecified atom stereocenters. The van der Waals surface area contributed by atoms with E-state index in [0.29, 0.717) is 25.1 Å². The Hall–Kier alpha value is -3.57. The molecule has 0 N–H and O–H groups in total. The van der Waals surface area contributed by atoms with Gasteiger partial charge in [0.15, 0.2) is 11.4 Å². The molecule has 1 saturated heterocycles. The van der Waals surface area contributed by atoms with Gasteiger partial charge in [0.25, 0.3) is 0 Å². The number of halogens is 6. The Morgan fingerprint density at radius 3 is 2.36 bits per heavy atom. The summed E-state index contributed by atoms with van der Waals surface area (Å²) >= 11 is 0. The summed E-state index contributed by atoms with van der Waals surface area (Å²) in [4.78, 5) is 33.7. The number of alkyl halides is 6. The number of urea groups is 1. The first-order chi connectivity index (χ1) is 18.1. The van der Waals surface area contributed by atoms with E-state index in [1.54, 1.807) is 6.92 Å². The molecule has 0 radical (unpaired) electrons. The van der Waals surface area contributed by atoms with Gasteiger partial charge >= 0.3 is 18.4 Å². The van der Waals surface area contributed by atoms with Crippen LogP contribution in [-0.2, 0) is 22.8 Å². The van der Waals surface area contributed by atoms with Crippen LogP contribution < -0.4 is 0 Å². The van der Waals surface area contributed by atoms with Crippen molar-refractivity contribution in [2.24, 2.45) is 5.16 Å². The zero-order valence-corrected chi connectivity index (χ0v) is 21.5. The topological polar surface area (TPSA) is 62.2 Å². The minimum absolute atomic E-state index is 0.0255. The van der Waals surface area contributed by atoms with Crippen LogP contribution in [0.15, 0.2) is 41.6 Å². The number of oxime groups is 1. The lowest BCUT2D eigenvalue weighted by molar-refractivity contribution is -0.138. The fraction of sp³-hybridized carbons (Fsp3) is 0.444. The molecule has 0 aromatic heterocycles. The molecular weight excluding hydrogens is 528 g/mol. The average Bonchev–Trinajstić information content (AvgIpc) is 3.27. The van der Waals surface area contributed by atoms with Gasteiger partial charge in [0.1, 0.15) is 0 Å². The van der Waals surface area contributed by atoms with E-state index in [9.17, 15) is 35.9 Å². The number of Topliss-reactive ketones (excluding diaryl/α,β-unsaturated/α-hetero) is 1. The summed E-state index contributed by atoms with van der Waals surface area (Å²) in [5.41, 5.74) is -3.32. The lowest BCUT2D eigenvalue weighted by Crippen LogP contribution is -2.50. The zero-order chi connectivity index (χ0) is 28.8. The number of carbonyl (C=O) groups excluding carboxylic acids is 2. The highest BCUT2D eigenvalue weighted by Crippen LogP contribution is 2.41. The predicted molar refractivity (Wildman–Crippen MR) is 130 cm³/mol. The van der Waals surface area contributed by atoms with Crippen molar-refractivity contribution >= 4 is 17.5 Å². The Morgan fingerprint density at radius 2 is 1.72 bits per heavy atom. The van der Waals surface area contributed by atoms with Gasteiger partial charge in [-0.25, -0.2) is 4.79 Å². The van der Waals surface area contributed by atoms with Crippen LogP contribution in [0.1, 0.15) is 64.9 Å². The monoisotopic (exact) mass is 555 g/mol. The fourth-order valence-corrected chi connectivity index (χ4v) is 4.85. The number of carbonyl (C=O) groups is 2. The van der Waals surface area contributed by atoms with Gasteiger partial charge in [0, 0.05) is 37.2 Å². The smallest absolute Gasteiger partial charge is 0.384 e. The molecule has 12 heteroatoms. The minimum atomic E-state index is -4.89. The number of amides is 2.